The highest BCUT2D eigenvalue weighted by molar-refractivity contribution is 7.21. The first-order valence-electron chi connectivity index (χ1n) is 24.5. The van der Waals surface area contributed by atoms with Crippen LogP contribution in [0, 0.1) is 0 Å². The lowest BCUT2D eigenvalue weighted by molar-refractivity contribution is 0.768. The Hall–Kier alpha value is -8.76. The van der Waals surface area contributed by atoms with E-state index in [1.165, 1.54) is 88.7 Å². The molecule has 0 radical (unpaired) electrons. The largest absolute Gasteiger partial charge is 0.242 e. The average molecular weight is 919 g/mol. The van der Waals surface area contributed by atoms with Gasteiger partial charge in [0.25, 0.3) is 0 Å². The van der Waals surface area contributed by atoms with Gasteiger partial charge in [0, 0.05) is 21.9 Å². The molecule has 2 heterocycles. The van der Waals surface area contributed by atoms with E-state index in [1.54, 1.807) is 0 Å². The molecule has 0 saturated heterocycles. The molecule has 330 valence electrons. The molecule has 11 aromatic carbocycles. The normalized spacial score (nSPS) is 13.9. The quantitative estimate of drug-likeness (QED) is 0.155. The molecule has 2 aromatic heterocycles. The zero-order chi connectivity index (χ0) is 46.7. The van der Waals surface area contributed by atoms with Crippen molar-refractivity contribution in [1.29, 1.82) is 0 Å². The maximum Gasteiger partial charge on any atom is 0.109 e. The standard InChI is InChI=1S/C68H42N2S/c1-5-23-43(24-6-1)67(44-25-7-2-8-26-44)55-39-19-17-35-51(55)59-53(37-21-41-57(59)67)65-63-64(70-62-50-34-16-14-32-48(50)47-31-13-15-33-49(47)61(62)69-63)66(71-65)54-38-22-42-58-60(54)52-36-18-20-40-56(52)68(58,45-27-9-3-10-28-45)46-29-11-4-12-30-46/h1-42H. The molecule has 13 aromatic rings. The third kappa shape index (κ3) is 5.41. The Labute approximate surface area is 415 Å². The van der Waals surface area contributed by atoms with Crippen molar-refractivity contribution in [3.63, 3.8) is 0 Å². The fourth-order valence-electron chi connectivity index (χ4n) is 12.9. The second-order valence-corrected chi connectivity index (χ2v) is 20.0. The van der Waals surface area contributed by atoms with E-state index in [0.29, 0.717) is 0 Å². The second-order valence-electron chi connectivity index (χ2n) is 19.0. The summed E-state index contributed by atoms with van der Waals surface area (Å²) in [6.45, 7) is 0. The molecule has 2 nitrogen and oxygen atoms in total. The predicted molar refractivity (Wildman–Crippen MR) is 295 cm³/mol. The predicted octanol–water partition coefficient (Wildman–Crippen LogP) is 17.2. The first kappa shape index (κ1) is 40.2. The van der Waals surface area contributed by atoms with Gasteiger partial charge in [0.1, 0.15) is 11.0 Å². The molecular formula is C68H42N2S. The SMILES string of the molecule is c1ccc(C2(c3ccccc3)c3ccccc3-c3c(-c4sc(-c5cccc6c5-c5ccccc5C6(c5ccccc5)c5ccccc5)c5nc6c7ccccc7c7ccccc7c6nc45)cccc32)cc1. The van der Waals surface area contributed by atoms with Crippen LogP contribution < -0.4 is 0 Å². The Balaban J connectivity index is 1.09. The van der Waals surface area contributed by atoms with Gasteiger partial charge in [-0.2, -0.15) is 0 Å². The molecule has 3 heteroatoms. The lowest BCUT2D eigenvalue weighted by Crippen LogP contribution is -2.28. The molecule has 0 unspecified atom stereocenters. The Morgan fingerprint density at radius 2 is 0.535 bits per heavy atom. The van der Waals surface area contributed by atoms with Gasteiger partial charge in [-0.15, -0.1) is 11.3 Å². The molecule has 0 aliphatic heterocycles. The first-order valence-corrected chi connectivity index (χ1v) is 25.3. The lowest BCUT2D eigenvalue weighted by atomic mass is 9.67. The Kier molecular flexibility index (Phi) is 8.69. The highest BCUT2D eigenvalue weighted by Gasteiger charge is 2.49. The van der Waals surface area contributed by atoms with Crippen molar-refractivity contribution in [2.75, 3.05) is 0 Å². The van der Waals surface area contributed by atoms with E-state index in [1.807, 2.05) is 11.3 Å². The van der Waals surface area contributed by atoms with Crippen molar-refractivity contribution in [2.45, 2.75) is 10.8 Å². The summed E-state index contributed by atoms with van der Waals surface area (Å²) in [7, 11) is 0. The molecular weight excluding hydrogens is 877 g/mol. The van der Waals surface area contributed by atoms with Crippen LogP contribution in [-0.2, 0) is 10.8 Å². The number of rotatable bonds is 6. The highest BCUT2D eigenvalue weighted by atomic mass is 32.1. The van der Waals surface area contributed by atoms with Crippen molar-refractivity contribution in [3.05, 3.63) is 299 Å². The molecule has 0 spiro atoms. The van der Waals surface area contributed by atoms with E-state index in [9.17, 15) is 0 Å². The van der Waals surface area contributed by atoms with Crippen LogP contribution in [0.25, 0.3) is 86.7 Å². The molecule has 0 saturated carbocycles. The number of aromatic nitrogens is 2. The van der Waals surface area contributed by atoms with Crippen molar-refractivity contribution < 1.29 is 0 Å². The molecule has 2 aliphatic carbocycles. The Bertz CT molecular complexity index is 3920. The van der Waals surface area contributed by atoms with Crippen LogP contribution >= 0.6 is 11.3 Å². The number of hydrogen-bond donors (Lipinski definition) is 0. The van der Waals surface area contributed by atoms with E-state index in [2.05, 4.69) is 255 Å². The summed E-state index contributed by atoms with van der Waals surface area (Å²) in [4.78, 5) is 14.1. The summed E-state index contributed by atoms with van der Waals surface area (Å²) in [6.07, 6.45) is 0. The monoisotopic (exact) mass is 918 g/mol. The molecule has 0 atom stereocenters. The van der Waals surface area contributed by atoms with Crippen LogP contribution in [0.1, 0.15) is 44.5 Å². The zero-order valence-corrected chi connectivity index (χ0v) is 39.4. The van der Waals surface area contributed by atoms with Gasteiger partial charge in [-0.3, -0.25) is 0 Å². The van der Waals surface area contributed by atoms with Crippen molar-refractivity contribution in [2.24, 2.45) is 0 Å². The van der Waals surface area contributed by atoms with E-state index in [-0.39, 0.29) is 0 Å². The van der Waals surface area contributed by atoms with Crippen LogP contribution in [-0.4, -0.2) is 9.97 Å². The van der Waals surface area contributed by atoms with Gasteiger partial charge in [0.15, 0.2) is 0 Å². The Morgan fingerprint density at radius 3 is 0.915 bits per heavy atom. The third-order valence-electron chi connectivity index (χ3n) is 15.6. The summed E-state index contributed by atoms with van der Waals surface area (Å²) in [5.41, 5.74) is 20.0. The molecule has 71 heavy (non-hydrogen) atoms. The van der Waals surface area contributed by atoms with E-state index >= 15 is 0 Å². The van der Waals surface area contributed by atoms with Crippen molar-refractivity contribution >= 4 is 54.9 Å². The van der Waals surface area contributed by atoms with Crippen LogP contribution in [0.3, 0.4) is 0 Å². The maximum absolute atomic E-state index is 5.92. The van der Waals surface area contributed by atoms with Gasteiger partial charge in [-0.1, -0.05) is 255 Å². The van der Waals surface area contributed by atoms with Crippen LogP contribution in [0.4, 0.5) is 0 Å². The van der Waals surface area contributed by atoms with Crippen LogP contribution in [0.2, 0.25) is 0 Å². The van der Waals surface area contributed by atoms with E-state index in [4.69, 9.17) is 9.97 Å². The molecule has 0 bridgehead atoms. The van der Waals surface area contributed by atoms with E-state index in [0.717, 1.165) is 42.6 Å². The van der Waals surface area contributed by atoms with Gasteiger partial charge >= 0.3 is 0 Å². The summed E-state index contributed by atoms with van der Waals surface area (Å²) in [5.74, 6) is 0. The summed E-state index contributed by atoms with van der Waals surface area (Å²) in [6, 6.07) is 93.9. The topological polar surface area (TPSA) is 25.8 Å². The Morgan fingerprint density at radius 1 is 0.239 bits per heavy atom. The number of thiophene rings is 1. The summed E-state index contributed by atoms with van der Waals surface area (Å²) in [5, 5.41) is 4.58. The lowest BCUT2D eigenvalue weighted by Gasteiger charge is -2.34. The number of benzene rings is 11. The van der Waals surface area contributed by atoms with Gasteiger partial charge in [0.05, 0.1) is 31.6 Å². The van der Waals surface area contributed by atoms with Crippen LogP contribution in [0.5, 0.6) is 0 Å². The van der Waals surface area contributed by atoms with Crippen molar-refractivity contribution in [3.8, 4) is 43.1 Å². The van der Waals surface area contributed by atoms with E-state index < -0.39 is 10.8 Å². The van der Waals surface area contributed by atoms with Crippen LogP contribution in [0.15, 0.2) is 255 Å². The minimum atomic E-state index is -0.546. The second kappa shape index (κ2) is 15.4. The minimum Gasteiger partial charge on any atom is -0.242 e. The van der Waals surface area contributed by atoms with Gasteiger partial charge < -0.3 is 0 Å². The van der Waals surface area contributed by atoms with Gasteiger partial charge in [0.2, 0.25) is 0 Å². The fourth-order valence-corrected chi connectivity index (χ4v) is 14.1. The van der Waals surface area contributed by atoms with Gasteiger partial charge in [-0.25, -0.2) is 9.97 Å². The zero-order valence-electron chi connectivity index (χ0n) is 38.6. The van der Waals surface area contributed by atoms with Crippen molar-refractivity contribution in [1.82, 2.24) is 9.97 Å². The summed E-state index contributed by atoms with van der Waals surface area (Å²) >= 11 is 1.84. The average Bonchev–Trinajstić information content (AvgIpc) is 4.10. The molecule has 0 fully saturated rings. The van der Waals surface area contributed by atoms with Gasteiger partial charge in [-0.05, 0) is 77.5 Å². The molecule has 0 N–H and O–H groups in total. The smallest absolute Gasteiger partial charge is 0.109 e. The fraction of sp³-hybridized carbons (Fsp3) is 0.0294. The molecule has 15 rings (SSSR count). The molecule has 0 amide bonds. The number of nitrogens with zero attached hydrogens (tertiary/aromatic N) is 2. The number of hydrogen-bond acceptors (Lipinski definition) is 3. The molecule has 2 aliphatic rings. The first-order chi connectivity index (χ1) is 35.3. The highest BCUT2D eigenvalue weighted by Crippen LogP contribution is 2.62. The third-order valence-corrected chi connectivity index (χ3v) is 16.9. The minimum absolute atomic E-state index is 0.546. The maximum atomic E-state index is 5.92. The number of fused-ring (bicyclic) bond motifs is 13. The summed E-state index contributed by atoms with van der Waals surface area (Å²) < 4.78 is 0.